The van der Waals surface area contributed by atoms with Crippen LogP contribution in [0.3, 0.4) is 0 Å². The fraction of sp³-hybridized carbons (Fsp3) is 0.625. The van der Waals surface area contributed by atoms with Crippen molar-refractivity contribution in [1.29, 1.82) is 5.26 Å². The van der Waals surface area contributed by atoms with Crippen molar-refractivity contribution < 1.29 is 5.11 Å². The second-order valence-corrected chi connectivity index (χ2v) is 5.96. The molecule has 0 aromatic carbocycles. The number of aromatic nitrogens is 1. The Hall–Kier alpha value is -1.64. The summed E-state index contributed by atoms with van der Waals surface area (Å²) in [7, 11) is 0. The zero-order valence-electron chi connectivity index (χ0n) is 12.3. The molecule has 21 heavy (non-hydrogen) atoms. The van der Waals surface area contributed by atoms with E-state index in [9.17, 15) is 5.11 Å². The van der Waals surface area contributed by atoms with Gasteiger partial charge in [-0.3, -0.25) is 4.90 Å². The zero-order valence-corrected chi connectivity index (χ0v) is 12.3. The maximum atomic E-state index is 10.2. The highest BCUT2D eigenvalue weighted by Crippen LogP contribution is 2.25. The van der Waals surface area contributed by atoms with Crippen molar-refractivity contribution in [2.24, 2.45) is 0 Å². The zero-order chi connectivity index (χ0) is 14.7. The topological polar surface area (TPSA) is 63.4 Å². The van der Waals surface area contributed by atoms with Crippen LogP contribution in [0.4, 0.5) is 5.82 Å². The smallest absolute Gasteiger partial charge is 0.129 e. The standard InChI is InChI=1S/C16H22N4O/c17-12-13-5-6-18-16(11-13)20-9-7-19(8-10-20)14-3-1-2-4-15(14)21/h5-6,11,14-15,21H,1-4,7-10H2/t14-,15-/m0/s1. The van der Waals surface area contributed by atoms with Gasteiger partial charge in [0.1, 0.15) is 5.82 Å². The molecule has 2 atom stereocenters. The quantitative estimate of drug-likeness (QED) is 0.890. The Morgan fingerprint density at radius 2 is 1.95 bits per heavy atom. The summed E-state index contributed by atoms with van der Waals surface area (Å²) >= 11 is 0. The average molecular weight is 286 g/mol. The van der Waals surface area contributed by atoms with Crippen LogP contribution in [0.2, 0.25) is 0 Å². The van der Waals surface area contributed by atoms with Gasteiger partial charge in [-0.1, -0.05) is 12.8 Å². The number of nitrogens with zero attached hydrogens (tertiary/aromatic N) is 4. The predicted octanol–water partition coefficient (Wildman–Crippen LogP) is 1.38. The average Bonchev–Trinajstić information content (AvgIpc) is 2.56. The Balaban J connectivity index is 1.61. The predicted molar refractivity (Wildman–Crippen MR) is 81.0 cm³/mol. The number of aliphatic hydroxyl groups excluding tert-OH is 1. The van der Waals surface area contributed by atoms with Gasteiger partial charge >= 0.3 is 0 Å². The van der Waals surface area contributed by atoms with Crippen molar-refractivity contribution in [2.45, 2.75) is 37.8 Å². The lowest BCUT2D eigenvalue weighted by Crippen LogP contribution is -2.54. The molecule has 0 amide bonds. The third kappa shape index (κ3) is 3.17. The van der Waals surface area contributed by atoms with E-state index in [0.29, 0.717) is 11.6 Å². The summed E-state index contributed by atoms with van der Waals surface area (Å²) in [5.41, 5.74) is 0.658. The summed E-state index contributed by atoms with van der Waals surface area (Å²) in [5, 5.41) is 19.1. The first kappa shape index (κ1) is 14.3. The molecule has 3 rings (SSSR count). The normalized spacial score (nSPS) is 27.3. The first-order valence-electron chi connectivity index (χ1n) is 7.81. The van der Waals surface area contributed by atoms with Gasteiger partial charge in [0.05, 0.1) is 17.7 Å². The van der Waals surface area contributed by atoms with Crippen LogP contribution in [0.5, 0.6) is 0 Å². The van der Waals surface area contributed by atoms with Crippen LogP contribution in [0.15, 0.2) is 18.3 Å². The number of aliphatic hydroxyl groups is 1. The lowest BCUT2D eigenvalue weighted by atomic mass is 9.91. The van der Waals surface area contributed by atoms with E-state index in [1.165, 1.54) is 6.42 Å². The molecule has 1 N–H and O–H groups in total. The minimum absolute atomic E-state index is 0.162. The van der Waals surface area contributed by atoms with Crippen LogP contribution < -0.4 is 4.90 Å². The molecule has 5 nitrogen and oxygen atoms in total. The van der Waals surface area contributed by atoms with Crippen LogP contribution in [-0.2, 0) is 0 Å². The SMILES string of the molecule is N#Cc1ccnc(N2CCN([C@H]3CCCC[C@@H]3O)CC2)c1. The second kappa shape index (κ2) is 6.42. The Kier molecular flexibility index (Phi) is 4.37. The molecule has 1 saturated carbocycles. The van der Waals surface area contributed by atoms with E-state index in [1.807, 2.05) is 6.07 Å². The number of nitriles is 1. The highest BCUT2D eigenvalue weighted by molar-refractivity contribution is 5.45. The van der Waals surface area contributed by atoms with Crippen LogP contribution in [-0.4, -0.2) is 53.3 Å². The first-order chi connectivity index (χ1) is 10.3. The van der Waals surface area contributed by atoms with Gasteiger partial charge in [-0.25, -0.2) is 4.98 Å². The Morgan fingerprint density at radius 1 is 1.19 bits per heavy atom. The highest BCUT2D eigenvalue weighted by Gasteiger charge is 2.31. The van der Waals surface area contributed by atoms with Gasteiger partial charge in [0.25, 0.3) is 0 Å². The third-order valence-electron chi connectivity index (χ3n) is 4.68. The lowest BCUT2D eigenvalue weighted by Gasteiger charge is -2.43. The molecule has 0 spiro atoms. The van der Waals surface area contributed by atoms with Gasteiger partial charge in [0, 0.05) is 38.4 Å². The van der Waals surface area contributed by atoms with E-state index in [1.54, 1.807) is 12.3 Å². The number of hydrogen-bond donors (Lipinski definition) is 1. The molecule has 1 saturated heterocycles. The minimum atomic E-state index is -0.162. The maximum absolute atomic E-state index is 10.2. The minimum Gasteiger partial charge on any atom is -0.391 e. The molecule has 0 radical (unpaired) electrons. The van der Waals surface area contributed by atoms with Crippen molar-refractivity contribution in [2.75, 3.05) is 31.1 Å². The van der Waals surface area contributed by atoms with Crippen LogP contribution in [0, 0.1) is 11.3 Å². The van der Waals surface area contributed by atoms with E-state index in [0.717, 1.165) is 51.3 Å². The monoisotopic (exact) mass is 286 g/mol. The molecule has 2 fully saturated rings. The summed E-state index contributed by atoms with van der Waals surface area (Å²) in [6, 6.07) is 6.08. The number of hydrogen-bond acceptors (Lipinski definition) is 5. The summed E-state index contributed by atoms with van der Waals surface area (Å²) in [6.45, 7) is 3.73. The molecule has 0 unspecified atom stereocenters. The van der Waals surface area contributed by atoms with Gasteiger partial charge in [0.2, 0.25) is 0 Å². The maximum Gasteiger partial charge on any atom is 0.129 e. The molecule has 5 heteroatoms. The Labute approximate surface area is 125 Å². The third-order valence-corrected chi connectivity index (χ3v) is 4.68. The van der Waals surface area contributed by atoms with Crippen molar-refractivity contribution in [1.82, 2.24) is 9.88 Å². The molecular weight excluding hydrogens is 264 g/mol. The fourth-order valence-corrected chi connectivity index (χ4v) is 3.46. The molecule has 112 valence electrons. The number of anilines is 1. The fourth-order valence-electron chi connectivity index (χ4n) is 3.46. The van der Waals surface area contributed by atoms with Gasteiger partial charge in [-0.15, -0.1) is 0 Å². The first-order valence-corrected chi connectivity index (χ1v) is 7.81. The summed E-state index contributed by atoms with van der Waals surface area (Å²) in [5.74, 6) is 0.887. The number of pyridine rings is 1. The molecule has 1 aliphatic heterocycles. The van der Waals surface area contributed by atoms with E-state index < -0.39 is 0 Å². The molecule has 1 aliphatic carbocycles. The van der Waals surface area contributed by atoms with Crippen molar-refractivity contribution in [3.05, 3.63) is 23.9 Å². The summed E-state index contributed by atoms with van der Waals surface area (Å²) in [6.07, 6.45) is 5.98. The summed E-state index contributed by atoms with van der Waals surface area (Å²) in [4.78, 5) is 9.02. The van der Waals surface area contributed by atoms with Gasteiger partial charge in [-0.2, -0.15) is 5.26 Å². The highest BCUT2D eigenvalue weighted by atomic mass is 16.3. The van der Waals surface area contributed by atoms with Crippen LogP contribution >= 0.6 is 0 Å². The lowest BCUT2D eigenvalue weighted by molar-refractivity contribution is 0.0172. The molecule has 1 aromatic rings. The molecule has 0 bridgehead atoms. The van der Waals surface area contributed by atoms with Gasteiger partial charge in [-0.05, 0) is 25.0 Å². The largest absolute Gasteiger partial charge is 0.391 e. The van der Waals surface area contributed by atoms with Gasteiger partial charge < -0.3 is 10.0 Å². The number of rotatable bonds is 2. The number of piperazine rings is 1. The van der Waals surface area contributed by atoms with Crippen LogP contribution in [0.1, 0.15) is 31.2 Å². The molecule has 2 heterocycles. The molecule has 2 aliphatic rings. The van der Waals surface area contributed by atoms with E-state index >= 15 is 0 Å². The molecular formula is C16H22N4O. The van der Waals surface area contributed by atoms with E-state index in [2.05, 4.69) is 20.9 Å². The molecule has 1 aromatic heterocycles. The van der Waals surface area contributed by atoms with Crippen molar-refractivity contribution in [3.63, 3.8) is 0 Å². The summed E-state index contributed by atoms with van der Waals surface area (Å²) < 4.78 is 0. The van der Waals surface area contributed by atoms with Crippen molar-refractivity contribution in [3.8, 4) is 6.07 Å². The van der Waals surface area contributed by atoms with Gasteiger partial charge in [0.15, 0.2) is 0 Å². The van der Waals surface area contributed by atoms with E-state index in [-0.39, 0.29) is 6.10 Å². The van der Waals surface area contributed by atoms with Crippen LogP contribution in [0.25, 0.3) is 0 Å². The second-order valence-electron chi connectivity index (χ2n) is 5.96. The van der Waals surface area contributed by atoms with E-state index in [4.69, 9.17) is 5.26 Å². The van der Waals surface area contributed by atoms with Crippen molar-refractivity contribution >= 4 is 5.82 Å². The Morgan fingerprint density at radius 3 is 2.67 bits per heavy atom. The Bertz CT molecular complexity index is 519.